The van der Waals surface area contributed by atoms with Gasteiger partial charge in [-0.1, -0.05) is 17.7 Å². The Morgan fingerprint density at radius 2 is 2.38 bits per heavy atom. The van der Waals surface area contributed by atoms with Gasteiger partial charge in [0.1, 0.15) is 0 Å². The van der Waals surface area contributed by atoms with Crippen LogP contribution in [-0.2, 0) is 6.42 Å². The predicted molar refractivity (Wildman–Crippen MR) is 64.7 cm³/mol. The van der Waals surface area contributed by atoms with Gasteiger partial charge in [-0.2, -0.15) is 5.10 Å². The van der Waals surface area contributed by atoms with Crippen molar-refractivity contribution in [3.63, 3.8) is 0 Å². The second-order valence-electron chi connectivity index (χ2n) is 4.07. The molecule has 0 spiro atoms. The Labute approximate surface area is 98.8 Å². The third-order valence-corrected chi connectivity index (χ3v) is 3.26. The van der Waals surface area contributed by atoms with Crippen molar-refractivity contribution in [1.29, 1.82) is 0 Å². The minimum absolute atomic E-state index is 0.380. The van der Waals surface area contributed by atoms with E-state index in [9.17, 15) is 0 Å². The molecule has 0 amide bonds. The van der Waals surface area contributed by atoms with Crippen molar-refractivity contribution >= 4 is 17.3 Å². The van der Waals surface area contributed by atoms with Gasteiger partial charge in [-0.3, -0.25) is 5.10 Å². The van der Waals surface area contributed by atoms with E-state index in [-0.39, 0.29) is 0 Å². The van der Waals surface area contributed by atoms with Crippen molar-refractivity contribution < 1.29 is 0 Å². The van der Waals surface area contributed by atoms with Gasteiger partial charge in [0, 0.05) is 11.2 Å². The molecule has 4 heteroatoms. The molecule has 2 N–H and O–H groups in total. The van der Waals surface area contributed by atoms with Crippen molar-refractivity contribution in [2.45, 2.75) is 18.9 Å². The molecular weight excluding hydrogens is 222 g/mol. The number of aryl methyl sites for hydroxylation is 1. The minimum Gasteiger partial charge on any atom is -0.376 e. The molecule has 0 radical (unpaired) electrons. The lowest BCUT2D eigenvalue weighted by Gasteiger charge is -2.13. The molecule has 1 heterocycles. The molecule has 3 rings (SSSR count). The first kappa shape index (κ1) is 9.73. The molecule has 1 unspecified atom stereocenters. The Hall–Kier alpha value is -1.48. The van der Waals surface area contributed by atoms with Gasteiger partial charge in [0.25, 0.3) is 0 Å². The number of benzene rings is 1. The highest BCUT2D eigenvalue weighted by atomic mass is 35.5. The summed E-state index contributed by atoms with van der Waals surface area (Å²) in [6.07, 6.45) is 5.87. The molecule has 3 nitrogen and oxygen atoms in total. The van der Waals surface area contributed by atoms with Crippen LogP contribution in [0.15, 0.2) is 30.6 Å². The monoisotopic (exact) mass is 233 g/mol. The third-order valence-electron chi connectivity index (χ3n) is 3.02. The number of aromatic nitrogens is 2. The first-order valence-electron chi connectivity index (χ1n) is 5.36. The molecular formula is C12H12ClN3. The summed E-state index contributed by atoms with van der Waals surface area (Å²) in [6.45, 7) is 0. The van der Waals surface area contributed by atoms with E-state index in [1.807, 2.05) is 12.3 Å². The Bertz CT molecular complexity index is 493. The molecule has 16 heavy (non-hydrogen) atoms. The van der Waals surface area contributed by atoms with E-state index >= 15 is 0 Å². The standard InChI is InChI=1S/C12H12ClN3/c13-9-2-3-11-8(5-9)1-4-12(11)16-10-6-14-15-7-10/h2-3,5-7,12,16H,1,4H2,(H,14,15). The van der Waals surface area contributed by atoms with Crippen LogP contribution in [0.3, 0.4) is 0 Å². The van der Waals surface area contributed by atoms with Crippen molar-refractivity contribution in [1.82, 2.24) is 10.2 Å². The fourth-order valence-electron chi connectivity index (χ4n) is 2.27. The highest BCUT2D eigenvalue weighted by Crippen LogP contribution is 2.34. The third kappa shape index (κ3) is 1.67. The normalized spacial score (nSPS) is 18.4. The van der Waals surface area contributed by atoms with E-state index in [0.717, 1.165) is 23.6 Å². The quantitative estimate of drug-likeness (QED) is 0.837. The second-order valence-corrected chi connectivity index (χ2v) is 4.50. The molecule has 0 fully saturated rings. The Kier molecular flexibility index (Phi) is 2.33. The zero-order chi connectivity index (χ0) is 11.0. The first-order chi connectivity index (χ1) is 7.83. The van der Waals surface area contributed by atoms with E-state index in [0.29, 0.717) is 6.04 Å². The fraction of sp³-hybridized carbons (Fsp3) is 0.250. The molecule has 0 saturated carbocycles. The topological polar surface area (TPSA) is 40.7 Å². The number of halogens is 1. The molecule has 2 aromatic rings. The van der Waals surface area contributed by atoms with Crippen molar-refractivity contribution in [2.24, 2.45) is 0 Å². The number of aromatic amines is 1. The number of rotatable bonds is 2. The Balaban J connectivity index is 1.86. The maximum atomic E-state index is 5.98. The zero-order valence-corrected chi connectivity index (χ0v) is 9.46. The zero-order valence-electron chi connectivity index (χ0n) is 8.70. The van der Waals surface area contributed by atoms with Crippen molar-refractivity contribution in [3.05, 3.63) is 46.7 Å². The maximum Gasteiger partial charge on any atom is 0.0728 e. The molecule has 0 saturated heterocycles. The van der Waals surface area contributed by atoms with Gasteiger partial charge in [-0.15, -0.1) is 0 Å². The van der Waals surface area contributed by atoms with Gasteiger partial charge in [-0.25, -0.2) is 0 Å². The lowest BCUT2D eigenvalue weighted by molar-refractivity contribution is 0.762. The molecule has 1 aromatic carbocycles. The lowest BCUT2D eigenvalue weighted by Crippen LogP contribution is -2.06. The van der Waals surface area contributed by atoms with Crippen LogP contribution in [0, 0.1) is 0 Å². The molecule has 1 atom stereocenters. The van der Waals surface area contributed by atoms with E-state index in [2.05, 4.69) is 27.6 Å². The Morgan fingerprint density at radius 3 is 3.19 bits per heavy atom. The van der Waals surface area contributed by atoms with Gasteiger partial charge in [0.15, 0.2) is 0 Å². The number of fused-ring (bicyclic) bond motifs is 1. The highest BCUT2D eigenvalue weighted by Gasteiger charge is 2.22. The van der Waals surface area contributed by atoms with Crippen molar-refractivity contribution in [2.75, 3.05) is 5.32 Å². The summed E-state index contributed by atoms with van der Waals surface area (Å²) in [5, 5.41) is 11.0. The summed E-state index contributed by atoms with van der Waals surface area (Å²) in [7, 11) is 0. The molecule has 1 aliphatic carbocycles. The lowest BCUT2D eigenvalue weighted by atomic mass is 10.1. The van der Waals surface area contributed by atoms with Crippen LogP contribution in [0.25, 0.3) is 0 Å². The van der Waals surface area contributed by atoms with Gasteiger partial charge >= 0.3 is 0 Å². The first-order valence-corrected chi connectivity index (χ1v) is 5.74. The van der Waals surface area contributed by atoms with Gasteiger partial charge in [0.05, 0.1) is 17.9 Å². The fourth-order valence-corrected chi connectivity index (χ4v) is 2.46. The second kappa shape index (κ2) is 3.83. The number of nitrogens with zero attached hydrogens (tertiary/aromatic N) is 1. The maximum absolute atomic E-state index is 5.98. The molecule has 1 aromatic heterocycles. The van der Waals surface area contributed by atoms with Gasteiger partial charge in [0.2, 0.25) is 0 Å². The van der Waals surface area contributed by atoms with Gasteiger partial charge in [-0.05, 0) is 36.1 Å². The smallest absolute Gasteiger partial charge is 0.0728 e. The van der Waals surface area contributed by atoms with E-state index in [1.165, 1.54) is 11.1 Å². The van der Waals surface area contributed by atoms with Crippen LogP contribution in [0.5, 0.6) is 0 Å². The van der Waals surface area contributed by atoms with Crippen molar-refractivity contribution in [3.8, 4) is 0 Å². The highest BCUT2D eigenvalue weighted by molar-refractivity contribution is 6.30. The summed E-state index contributed by atoms with van der Waals surface area (Å²) in [5.74, 6) is 0. The van der Waals surface area contributed by atoms with Crippen LogP contribution >= 0.6 is 11.6 Å². The number of nitrogens with one attached hydrogen (secondary N) is 2. The van der Waals surface area contributed by atoms with E-state index in [4.69, 9.17) is 11.6 Å². The minimum atomic E-state index is 0.380. The molecule has 0 bridgehead atoms. The summed E-state index contributed by atoms with van der Waals surface area (Å²) in [5.41, 5.74) is 3.74. The average Bonchev–Trinajstić information content (AvgIpc) is 2.89. The molecule has 1 aliphatic rings. The summed E-state index contributed by atoms with van der Waals surface area (Å²) < 4.78 is 0. The van der Waals surface area contributed by atoms with Gasteiger partial charge < -0.3 is 5.32 Å². The van der Waals surface area contributed by atoms with Crippen LogP contribution in [0.1, 0.15) is 23.6 Å². The Morgan fingerprint density at radius 1 is 1.44 bits per heavy atom. The molecule has 82 valence electrons. The SMILES string of the molecule is Clc1ccc2c(c1)CCC2Nc1cn[nH]c1. The number of hydrogen-bond donors (Lipinski definition) is 2. The van der Waals surface area contributed by atoms with E-state index < -0.39 is 0 Å². The van der Waals surface area contributed by atoms with Crippen LogP contribution in [0.2, 0.25) is 5.02 Å². The van der Waals surface area contributed by atoms with Crippen LogP contribution < -0.4 is 5.32 Å². The summed E-state index contributed by atoms with van der Waals surface area (Å²) in [6, 6.07) is 6.51. The average molecular weight is 234 g/mol. The predicted octanol–water partition coefficient (Wildman–Crippen LogP) is 3.16. The van der Waals surface area contributed by atoms with Crippen LogP contribution in [0.4, 0.5) is 5.69 Å². The largest absolute Gasteiger partial charge is 0.376 e. The summed E-state index contributed by atoms with van der Waals surface area (Å²) >= 11 is 5.98. The number of H-pyrrole nitrogens is 1. The summed E-state index contributed by atoms with van der Waals surface area (Å²) in [4.78, 5) is 0. The number of hydrogen-bond acceptors (Lipinski definition) is 2. The number of anilines is 1. The van der Waals surface area contributed by atoms with E-state index in [1.54, 1.807) is 6.20 Å². The molecule has 0 aliphatic heterocycles. The van der Waals surface area contributed by atoms with Crippen LogP contribution in [-0.4, -0.2) is 10.2 Å².